The Labute approximate surface area is 126 Å². The number of carbonyl (C=O) groups is 1. The molecule has 0 unspecified atom stereocenters. The molecule has 2 heterocycles. The van der Waals surface area contributed by atoms with Crippen molar-refractivity contribution in [1.29, 1.82) is 0 Å². The first kappa shape index (κ1) is 14.5. The predicted octanol–water partition coefficient (Wildman–Crippen LogP) is 2.65. The van der Waals surface area contributed by atoms with E-state index < -0.39 is 5.97 Å². The molecule has 2 aromatic heterocycles. The molecule has 0 aliphatic carbocycles. The van der Waals surface area contributed by atoms with E-state index in [0.29, 0.717) is 9.22 Å². The van der Waals surface area contributed by atoms with Crippen LogP contribution in [0.25, 0.3) is 0 Å². The Balaban J connectivity index is 2.17. The summed E-state index contributed by atoms with van der Waals surface area (Å²) in [7, 11) is 5.09. The highest BCUT2D eigenvalue weighted by Gasteiger charge is 2.19. The van der Waals surface area contributed by atoms with Gasteiger partial charge in [0.15, 0.2) is 18.7 Å². The predicted molar refractivity (Wildman–Crippen MR) is 76.8 cm³/mol. The molecule has 0 N–H and O–H groups in total. The number of methoxy groups -OCH3 is 1. The maximum Gasteiger partial charge on any atom is 0.351 e. The van der Waals surface area contributed by atoms with Gasteiger partial charge in [-0.1, -0.05) is 34.3 Å². The molecule has 19 heavy (non-hydrogen) atoms. The number of rotatable bonds is 4. The second-order valence-corrected chi connectivity index (χ2v) is 7.25. The molecule has 0 fully saturated rings. The van der Waals surface area contributed by atoms with Gasteiger partial charge in [0.05, 0.1) is 7.11 Å². The van der Waals surface area contributed by atoms with Crippen molar-refractivity contribution in [3.63, 3.8) is 0 Å². The number of hydrogen-bond acceptors (Lipinski definition) is 9. The Morgan fingerprint density at radius 1 is 1.32 bits per heavy atom. The van der Waals surface area contributed by atoms with Crippen LogP contribution in [0, 0.1) is 0 Å². The first-order valence-electron chi connectivity index (χ1n) is 4.94. The second kappa shape index (κ2) is 6.04. The van der Waals surface area contributed by atoms with Gasteiger partial charge in [-0.2, -0.15) is 0 Å². The van der Waals surface area contributed by atoms with Crippen LogP contribution in [-0.2, 0) is 4.74 Å². The average Bonchev–Trinajstić information content (AvgIpc) is 2.96. The van der Waals surface area contributed by atoms with Crippen LogP contribution < -0.4 is 4.90 Å². The largest absolute Gasteiger partial charge is 0.465 e. The van der Waals surface area contributed by atoms with E-state index in [1.807, 2.05) is 19.0 Å². The molecule has 102 valence electrons. The average molecular weight is 337 g/mol. The smallest absolute Gasteiger partial charge is 0.351 e. The maximum atomic E-state index is 11.4. The van der Waals surface area contributed by atoms with Crippen molar-refractivity contribution in [3.8, 4) is 0 Å². The number of thiazole rings is 1. The number of anilines is 1. The molecule has 0 bridgehead atoms. The van der Waals surface area contributed by atoms with Gasteiger partial charge < -0.3 is 9.64 Å². The second-order valence-electron chi connectivity index (χ2n) is 3.44. The normalized spacial score (nSPS) is 10.5. The molecule has 0 saturated heterocycles. The third-order valence-corrected chi connectivity index (χ3v) is 5.51. The summed E-state index contributed by atoms with van der Waals surface area (Å²) >= 11 is 9.82. The fourth-order valence-electron chi connectivity index (χ4n) is 1.04. The van der Waals surface area contributed by atoms with Crippen LogP contribution in [-0.4, -0.2) is 42.4 Å². The zero-order valence-corrected chi connectivity index (χ0v) is 13.4. The third-order valence-electron chi connectivity index (χ3n) is 1.89. The zero-order chi connectivity index (χ0) is 14.0. The van der Waals surface area contributed by atoms with Crippen LogP contribution in [0.3, 0.4) is 0 Å². The van der Waals surface area contributed by atoms with Crippen molar-refractivity contribution in [2.75, 3.05) is 26.1 Å². The van der Waals surface area contributed by atoms with Crippen LogP contribution in [0.2, 0.25) is 5.15 Å². The highest BCUT2D eigenvalue weighted by atomic mass is 35.5. The van der Waals surface area contributed by atoms with Crippen LogP contribution in [0.5, 0.6) is 0 Å². The van der Waals surface area contributed by atoms with E-state index in [4.69, 9.17) is 11.6 Å². The fraction of sp³-hybridized carbons (Fsp3) is 0.333. The minimum absolute atomic E-state index is 0.150. The molecule has 0 radical (unpaired) electrons. The fourth-order valence-corrected chi connectivity index (χ4v) is 4.34. The first-order chi connectivity index (χ1) is 9.01. The Hall–Kier alpha value is -0.900. The number of esters is 1. The van der Waals surface area contributed by atoms with Gasteiger partial charge in [0, 0.05) is 14.1 Å². The lowest BCUT2D eigenvalue weighted by Gasteiger charge is -2.03. The van der Waals surface area contributed by atoms with Gasteiger partial charge in [-0.25, -0.2) is 9.78 Å². The van der Waals surface area contributed by atoms with Gasteiger partial charge in [0.25, 0.3) is 0 Å². The quantitative estimate of drug-likeness (QED) is 0.795. The van der Waals surface area contributed by atoms with E-state index in [0.717, 1.165) is 9.47 Å². The molecule has 0 atom stereocenters. The van der Waals surface area contributed by atoms with E-state index in [1.165, 1.54) is 41.5 Å². The molecule has 0 aliphatic heterocycles. The van der Waals surface area contributed by atoms with Gasteiger partial charge in [-0.3, -0.25) is 0 Å². The maximum absolute atomic E-state index is 11.4. The number of ether oxygens (including phenoxy) is 1. The summed E-state index contributed by atoms with van der Waals surface area (Å²) in [6, 6.07) is 0. The Morgan fingerprint density at radius 3 is 2.63 bits per heavy atom. The highest BCUT2D eigenvalue weighted by Crippen LogP contribution is 2.37. The van der Waals surface area contributed by atoms with Crippen LogP contribution in [0.4, 0.5) is 5.13 Å². The van der Waals surface area contributed by atoms with Crippen molar-refractivity contribution in [3.05, 3.63) is 10.0 Å². The molecule has 0 aromatic carbocycles. The van der Waals surface area contributed by atoms with Crippen molar-refractivity contribution >= 4 is 57.1 Å². The van der Waals surface area contributed by atoms with E-state index in [2.05, 4.69) is 19.9 Å². The number of carbonyl (C=O) groups excluding carboxylic acids is 1. The van der Waals surface area contributed by atoms with Crippen molar-refractivity contribution < 1.29 is 9.53 Å². The molecule has 2 rings (SSSR count). The minimum Gasteiger partial charge on any atom is -0.465 e. The van der Waals surface area contributed by atoms with E-state index in [1.54, 1.807) is 0 Å². The highest BCUT2D eigenvalue weighted by molar-refractivity contribution is 8.02. The summed E-state index contributed by atoms with van der Waals surface area (Å²) in [5, 5.41) is 9.01. The summed E-state index contributed by atoms with van der Waals surface area (Å²) in [5.74, 6) is -0.486. The lowest BCUT2D eigenvalue weighted by Crippen LogP contribution is -2.07. The van der Waals surface area contributed by atoms with Crippen LogP contribution in [0.15, 0.2) is 8.68 Å². The van der Waals surface area contributed by atoms with Crippen LogP contribution in [0.1, 0.15) is 9.67 Å². The number of hydrogen-bond donors (Lipinski definition) is 0. The van der Waals surface area contributed by atoms with E-state index in [9.17, 15) is 4.79 Å². The van der Waals surface area contributed by atoms with Gasteiger partial charge >= 0.3 is 5.97 Å². The molecule has 0 spiro atoms. The van der Waals surface area contributed by atoms with Gasteiger partial charge in [-0.05, 0) is 11.8 Å². The summed E-state index contributed by atoms with van der Waals surface area (Å²) < 4.78 is 5.99. The summed E-state index contributed by atoms with van der Waals surface area (Å²) in [4.78, 5) is 17.7. The Kier molecular flexibility index (Phi) is 4.61. The SMILES string of the molecule is COC(=O)c1sc(Sc2nnc(N(C)C)s2)nc1Cl. The van der Waals surface area contributed by atoms with E-state index >= 15 is 0 Å². The molecular weight excluding hydrogens is 328 g/mol. The molecular formula is C9H9ClN4O2S3. The van der Waals surface area contributed by atoms with Gasteiger partial charge in [0.1, 0.15) is 0 Å². The Morgan fingerprint density at radius 2 is 2.05 bits per heavy atom. The standard InChI is InChI=1S/C9H9ClN4O2S3/c1-14(2)7-12-13-9(18-7)19-8-11-5(10)4(17-8)6(15)16-3/h1-3H3. The van der Waals surface area contributed by atoms with Crippen molar-refractivity contribution in [1.82, 2.24) is 15.2 Å². The van der Waals surface area contributed by atoms with Crippen molar-refractivity contribution in [2.24, 2.45) is 0 Å². The Bertz CT molecular complexity index is 598. The summed E-state index contributed by atoms with van der Waals surface area (Å²) in [6.07, 6.45) is 0. The molecule has 10 heteroatoms. The van der Waals surface area contributed by atoms with Gasteiger partial charge in [0.2, 0.25) is 5.13 Å². The molecule has 6 nitrogen and oxygen atoms in total. The first-order valence-corrected chi connectivity index (χ1v) is 7.77. The monoisotopic (exact) mass is 336 g/mol. The lowest BCUT2D eigenvalue weighted by molar-refractivity contribution is 0.0606. The zero-order valence-electron chi connectivity index (χ0n) is 10.2. The van der Waals surface area contributed by atoms with Gasteiger partial charge in [-0.15, -0.1) is 10.2 Å². The minimum atomic E-state index is -0.486. The molecule has 0 amide bonds. The third kappa shape index (κ3) is 3.35. The number of nitrogens with zero attached hydrogens (tertiary/aromatic N) is 4. The van der Waals surface area contributed by atoms with E-state index in [-0.39, 0.29) is 5.15 Å². The molecule has 0 aliphatic rings. The molecule has 2 aromatic rings. The van der Waals surface area contributed by atoms with Crippen LogP contribution >= 0.6 is 46.0 Å². The topological polar surface area (TPSA) is 68.2 Å². The number of halogens is 1. The summed E-state index contributed by atoms with van der Waals surface area (Å²) in [6.45, 7) is 0. The molecule has 0 saturated carbocycles. The lowest BCUT2D eigenvalue weighted by atomic mass is 10.6. The van der Waals surface area contributed by atoms with Crippen molar-refractivity contribution in [2.45, 2.75) is 8.68 Å². The summed E-state index contributed by atoms with van der Waals surface area (Å²) in [5.41, 5.74) is 0. The number of aromatic nitrogens is 3.